The summed E-state index contributed by atoms with van der Waals surface area (Å²) in [5.41, 5.74) is 2.51. The van der Waals surface area contributed by atoms with Crippen LogP contribution in [-0.2, 0) is 16.5 Å². The fourth-order valence-electron chi connectivity index (χ4n) is 3.14. The fraction of sp³-hybridized carbons (Fsp3) is 0.0400. The van der Waals surface area contributed by atoms with Crippen LogP contribution in [0.25, 0.3) is 11.1 Å². The predicted octanol–water partition coefficient (Wildman–Crippen LogP) is 4.99. The van der Waals surface area contributed by atoms with Crippen molar-refractivity contribution in [3.8, 4) is 28.4 Å². The fourth-order valence-corrected chi connectivity index (χ4v) is 3.86. The Morgan fingerprint density at radius 2 is 1.16 bits per heavy atom. The highest BCUT2D eigenvalue weighted by atomic mass is 32.2. The van der Waals surface area contributed by atoms with Gasteiger partial charge in [0.2, 0.25) is 0 Å². The van der Waals surface area contributed by atoms with E-state index < -0.39 is 15.0 Å². The van der Waals surface area contributed by atoms with Crippen LogP contribution in [0.15, 0.2) is 102 Å². The molecule has 0 bridgehead atoms. The number of hydrogen-bond donors (Lipinski definition) is 4. The third-order valence-corrected chi connectivity index (χ3v) is 5.54. The minimum absolute atomic E-state index is 0.127. The van der Waals surface area contributed by atoms with E-state index in [0.29, 0.717) is 5.75 Å². The van der Waals surface area contributed by atoms with Crippen LogP contribution in [0, 0.1) is 0 Å². The van der Waals surface area contributed by atoms with Crippen molar-refractivity contribution in [2.75, 3.05) is 0 Å². The smallest absolute Gasteiger partial charge is 0.295 e. The summed E-state index contributed by atoms with van der Waals surface area (Å²) in [6.45, 7) is 0. The van der Waals surface area contributed by atoms with Crippen molar-refractivity contribution >= 4 is 10.1 Å². The lowest BCUT2D eigenvalue weighted by Crippen LogP contribution is -2.01. The lowest BCUT2D eigenvalue weighted by atomic mass is 10.0. The summed E-state index contributed by atoms with van der Waals surface area (Å²) in [5, 5.41) is 28.6. The highest BCUT2D eigenvalue weighted by Gasteiger charge is 2.21. The van der Waals surface area contributed by atoms with Crippen LogP contribution < -0.4 is 0 Å². The average Bonchev–Trinajstić information content (AvgIpc) is 2.76. The van der Waals surface area contributed by atoms with Crippen LogP contribution in [0.5, 0.6) is 17.2 Å². The molecule has 7 heteroatoms. The Morgan fingerprint density at radius 3 is 1.78 bits per heavy atom. The maximum atomic E-state index is 11.3. The second-order valence-electron chi connectivity index (χ2n) is 6.97. The van der Waals surface area contributed by atoms with Crippen LogP contribution >= 0.6 is 0 Å². The lowest BCUT2D eigenvalue weighted by molar-refractivity contribution is 0.464. The number of rotatable bonds is 4. The number of phenolic OH excluding ortho intramolecular Hbond substituents is 3. The molecule has 0 aliphatic heterocycles. The van der Waals surface area contributed by atoms with Crippen molar-refractivity contribution in [1.82, 2.24) is 0 Å². The second kappa shape index (κ2) is 10.00. The van der Waals surface area contributed by atoms with E-state index in [1.54, 1.807) is 24.3 Å². The van der Waals surface area contributed by atoms with Gasteiger partial charge in [-0.3, -0.25) is 4.55 Å². The maximum absolute atomic E-state index is 11.3. The number of hydrogen-bond acceptors (Lipinski definition) is 5. The van der Waals surface area contributed by atoms with E-state index in [0.717, 1.165) is 12.5 Å². The summed E-state index contributed by atoms with van der Waals surface area (Å²) < 4.78 is 31.6. The van der Waals surface area contributed by atoms with Gasteiger partial charge in [-0.05, 0) is 47.9 Å². The van der Waals surface area contributed by atoms with E-state index >= 15 is 0 Å². The summed E-state index contributed by atoms with van der Waals surface area (Å²) in [7, 11) is -4.49. The molecule has 0 spiro atoms. The van der Waals surface area contributed by atoms with Crippen molar-refractivity contribution in [2.45, 2.75) is 11.3 Å². The highest BCUT2D eigenvalue weighted by molar-refractivity contribution is 7.86. The Kier molecular flexibility index (Phi) is 7.14. The molecule has 0 aliphatic carbocycles. The standard InChI is InChI=1S/C13H12O.C12H10O5S/c14-13-8-6-12(7-9-13)10-11-4-2-1-3-5-11;13-9-5-2-1-4-8(9)12-10(14)6-3-7-11(12)18(15,16)17/h1-9,14H,10H2;1-7,13-14H,(H,15,16,17). The van der Waals surface area contributed by atoms with Crippen LogP contribution in [0.1, 0.15) is 11.1 Å². The number of phenols is 3. The Balaban J connectivity index is 0.000000186. The molecule has 6 nitrogen and oxygen atoms in total. The third kappa shape index (κ3) is 5.87. The van der Waals surface area contributed by atoms with E-state index in [2.05, 4.69) is 12.1 Å². The van der Waals surface area contributed by atoms with Crippen LogP contribution in [-0.4, -0.2) is 28.3 Å². The molecule has 0 saturated carbocycles. The van der Waals surface area contributed by atoms with Crippen molar-refractivity contribution < 1.29 is 28.3 Å². The van der Waals surface area contributed by atoms with Gasteiger partial charge >= 0.3 is 0 Å². The Bertz CT molecular complexity index is 1280. The molecule has 0 aromatic heterocycles. The van der Waals surface area contributed by atoms with Crippen molar-refractivity contribution in [3.63, 3.8) is 0 Å². The first kappa shape index (κ1) is 22.9. The number of aromatic hydroxyl groups is 3. The first-order chi connectivity index (χ1) is 15.3. The Hall–Kier alpha value is -3.81. The molecular weight excluding hydrogens is 428 g/mol. The quantitative estimate of drug-likeness (QED) is 0.326. The monoisotopic (exact) mass is 450 g/mol. The van der Waals surface area contributed by atoms with Crippen molar-refractivity contribution in [1.29, 1.82) is 0 Å². The van der Waals surface area contributed by atoms with E-state index in [4.69, 9.17) is 9.66 Å². The van der Waals surface area contributed by atoms with E-state index in [1.165, 1.54) is 35.4 Å². The minimum Gasteiger partial charge on any atom is -0.508 e. The van der Waals surface area contributed by atoms with Crippen LogP contribution in [0.2, 0.25) is 0 Å². The van der Waals surface area contributed by atoms with Gasteiger partial charge in [-0.2, -0.15) is 8.42 Å². The largest absolute Gasteiger partial charge is 0.508 e. The van der Waals surface area contributed by atoms with E-state index in [-0.39, 0.29) is 22.6 Å². The van der Waals surface area contributed by atoms with Gasteiger partial charge in [0.25, 0.3) is 10.1 Å². The summed E-state index contributed by atoms with van der Waals surface area (Å²) in [6, 6.07) is 27.3. The van der Waals surface area contributed by atoms with E-state index in [1.807, 2.05) is 30.3 Å². The minimum atomic E-state index is -4.49. The Labute approximate surface area is 186 Å². The molecule has 0 heterocycles. The highest BCUT2D eigenvalue weighted by Crippen LogP contribution is 2.39. The first-order valence-corrected chi connectivity index (χ1v) is 11.1. The molecule has 0 amide bonds. The van der Waals surface area contributed by atoms with Crippen LogP contribution in [0.3, 0.4) is 0 Å². The van der Waals surface area contributed by atoms with Gasteiger partial charge in [0, 0.05) is 11.1 Å². The average molecular weight is 451 g/mol. The topological polar surface area (TPSA) is 115 Å². The predicted molar refractivity (Wildman–Crippen MR) is 122 cm³/mol. The summed E-state index contributed by atoms with van der Waals surface area (Å²) in [6.07, 6.45) is 0.918. The Morgan fingerprint density at radius 1 is 0.594 bits per heavy atom. The van der Waals surface area contributed by atoms with Gasteiger partial charge in [0.05, 0.1) is 0 Å². The van der Waals surface area contributed by atoms with Gasteiger partial charge in [0.1, 0.15) is 22.1 Å². The molecule has 0 atom stereocenters. The SMILES string of the molecule is O=S(=O)(O)c1cccc(O)c1-c1ccccc1O.Oc1ccc(Cc2ccccc2)cc1. The third-order valence-electron chi connectivity index (χ3n) is 4.64. The first-order valence-electron chi connectivity index (χ1n) is 9.65. The lowest BCUT2D eigenvalue weighted by Gasteiger charge is -2.10. The van der Waals surface area contributed by atoms with Gasteiger partial charge < -0.3 is 15.3 Å². The van der Waals surface area contributed by atoms with Gasteiger partial charge in [-0.1, -0.05) is 66.7 Å². The molecule has 164 valence electrons. The zero-order chi connectivity index (χ0) is 23.1. The van der Waals surface area contributed by atoms with Gasteiger partial charge in [-0.15, -0.1) is 0 Å². The molecule has 0 fully saturated rings. The molecule has 0 radical (unpaired) electrons. The molecule has 4 rings (SSSR count). The number of benzene rings is 4. The van der Waals surface area contributed by atoms with Crippen LogP contribution in [0.4, 0.5) is 0 Å². The summed E-state index contributed by atoms with van der Waals surface area (Å²) in [5.74, 6) is -0.211. The zero-order valence-corrected chi connectivity index (χ0v) is 17.8. The maximum Gasteiger partial charge on any atom is 0.295 e. The molecule has 0 saturated heterocycles. The second-order valence-corrected chi connectivity index (χ2v) is 8.36. The van der Waals surface area contributed by atoms with E-state index in [9.17, 15) is 18.6 Å². The number of para-hydroxylation sites is 1. The summed E-state index contributed by atoms with van der Waals surface area (Å²) in [4.78, 5) is -0.455. The molecular formula is C25H22O6S. The van der Waals surface area contributed by atoms with Crippen molar-refractivity contribution in [2.24, 2.45) is 0 Å². The van der Waals surface area contributed by atoms with Crippen molar-refractivity contribution in [3.05, 3.63) is 108 Å². The zero-order valence-electron chi connectivity index (χ0n) is 17.0. The summed E-state index contributed by atoms with van der Waals surface area (Å²) >= 11 is 0. The molecule has 4 aromatic carbocycles. The normalized spacial score (nSPS) is 10.8. The molecule has 0 aliphatic rings. The molecule has 0 unspecified atom stereocenters. The van der Waals surface area contributed by atoms with Gasteiger partial charge in [-0.25, -0.2) is 0 Å². The molecule has 4 aromatic rings. The van der Waals surface area contributed by atoms with Gasteiger partial charge in [0.15, 0.2) is 0 Å². The molecule has 32 heavy (non-hydrogen) atoms. The molecule has 4 N–H and O–H groups in total.